The molecule has 0 saturated heterocycles. The average molecular weight is 357 g/mol. The molecule has 1 saturated carbocycles. The minimum absolute atomic E-state index is 0.0178. The summed E-state index contributed by atoms with van der Waals surface area (Å²) in [4.78, 5) is 26.2. The van der Waals surface area contributed by atoms with Gasteiger partial charge in [0.2, 0.25) is 0 Å². The van der Waals surface area contributed by atoms with Crippen molar-refractivity contribution in [2.45, 2.75) is 96.8 Å². The molecule has 0 N–H and O–H groups in total. The summed E-state index contributed by atoms with van der Waals surface area (Å²) in [6, 6.07) is 9.38. The van der Waals surface area contributed by atoms with E-state index in [1.54, 1.807) is 0 Å². The van der Waals surface area contributed by atoms with E-state index >= 15 is 0 Å². The third kappa shape index (κ3) is 6.37. The average Bonchev–Trinajstić information content (AvgIpc) is 2.67. The van der Waals surface area contributed by atoms with E-state index in [-0.39, 0.29) is 11.6 Å². The number of carbonyl (C=O) groups excluding carboxylic acids is 2. The van der Waals surface area contributed by atoms with Gasteiger partial charge in [-0.3, -0.25) is 9.59 Å². The second kappa shape index (κ2) is 11.3. The zero-order chi connectivity index (χ0) is 18.7. The summed E-state index contributed by atoms with van der Waals surface area (Å²) in [5.74, 6) is 0.169. The molecule has 0 heterocycles. The van der Waals surface area contributed by atoms with Gasteiger partial charge in [-0.15, -0.1) is 0 Å². The van der Waals surface area contributed by atoms with Gasteiger partial charge in [-0.25, -0.2) is 0 Å². The lowest BCUT2D eigenvalue weighted by atomic mass is 9.73. The molecule has 1 aliphatic carbocycles. The summed E-state index contributed by atoms with van der Waals surface area (Å²) < 4.78 is 0. The molecule has 2 nitrogen and oxygen atoms in total. The van der Waals surface area contributed by atoms with Crippen LogP contribution in [0.1, 0.15) is 107 Å². The number of benzene rings is 1. The molecule has 0 radical (unpaired) electrons. The molecule has 1 aromatic carbocycles. The van der Waals surface area contributed by atoms with E-state index in [9.17, 15) is 9.59 Å². The van der Waals surface area contributed by atoms with Crippen molar-refractivity contribution in [1.29, 1.82) is 0 Å². The number of rotatable bonds is 2. The minimum atomic E-state index is -0.849. The highest BCUT2D eigenvalue weighted by Crippen LogP contribution is 2.33. The maximum Gasteiger partial charge on any atom is 0.176 e. The van der Waals surface area contributed by atoms with Crippen molar-refractivity contribution in [3.8, 4) is 0 Å². The Morgan fingerprint density at radius 3 is 1.73 bits per heavy atom. The maximum absolute atomic E-state index is 13.2. The zero-order valence-electron chi connectivity index (χ0n) is 16.6. The number of hydrogen-bond donors (Lipinski definition) is 0. The third-order valence-corrected chi connectivity index (χ3v) is 5.98. The molecule has 144 valence electrons. The molecule has 0 amide bonds. The smallest absolute Gasteiger partial charge is 0.176 e. The summed E-state index contributed by atoms with van der Waals surface area (Å²) in [6.07, 6.45) is 15.8. The third-order valence-electron chi connectivity index (χ3n) is 5.98. The van der Waals surface area contributed by atoms with Crippen molar-refractivity contribution >= 4 is 11.6 Å². The Hall–Kier alpha value is -1.44. The Kier molecular flexibility index (Phi) is 9.08. The van der Waals surface area contributed by atoms with Gasteiger partial charge in [0, 0.05) is 12.0 Å². The molecular formula is C24H36O2. The molecule has 0 aromatic heterocycles. The second-order valence-electron chi connectivity index (χ2n) is 8.19. The highest BCUT2D eigenvalue weighted by Gasteiger charge is 2.39. The Labute approximate surface area is 159 Å². The lowest BCUT2D eigenvalue weighted by molar-refractivity contribution is -0.126. The maximum atomic E-state index is 13.2. The van der Waals surface area contributed by atoms with Gasteiger partial charge < -0.3 is 0 Å². The van der Waals surface area contributed by atoms with Crippen LogP contribution in [0.3, 0.4) is 0 Å². The molecule has 26 heavy (non-hydrogen) atoms. The van der Waals surface area contributed by atoms with E-state index in [0.717, 1.165) is 25.7 Å². The van der Waals surface area contributed by atoms with E-state index in [2.05, 4.69) is 0 Å². The summed E-state index contributed by atoms with van der Waals surface area (Å²) in [6.45, 7) is 1.90. The highest BCUT2D eigenvalue weighted by atomic mass is 16.2. The molecule has 2 heteroatoms. The first-order valence-electron chi connectivity index (χ1n) is 10.8. The van der Waals surface area contributed by atoms with Gasteiger partial charge >= 0.3 is 0 Å². The van der Waals surface area contributed by atoms with Crippen molar-refractivity contribution in [3.63, 3.8) is 0 Å². The van der Waals surface area contributed by atoms with Crippen LogP contribution >= 0.6 is 0 Å². The molecule has 1 fully saturated rings. The van der Waals surface area contributed by atoms with Crippen LogP contribution < -0.4 is 0 Å². The van der Waals surface area contributed by atoms with E-state index < -0.39 is 5.41 Å². The minimum Gasteiger partial charge on any atom is -0.299 e. The van der Waals surface area contributed by atoms with Crippen LogP contribution in [0.4, 0.5) is 0 Å². The van der Waals surface area contributed by atoms with Gasteiger partial charge in [-0.05, 0) is 19.8 Å². The number of Topliss-reactive ketones (excluding diaryl/α,β-unsaturated/α-hetero) is 2. The summed E-state index contributed by atoms with van der Waals surface area (Å²) in [7, 11) is 0. The Morgan fingerprint density at radius 2 is 1.19 bits per heavy atom. The van der Waals surface area contributed by atoms with Crippen molar-refractivity contribution in [1.82, 2.24) is 0 Å². The first-order valence-corrected chi connectivity index (χ1v) is 10.8. The predicted molar refractivity (Wildman–Crippen MR) is 109 cm³/mol. The van der Waals surface area contributed by atoms with Gasteiger partial charge in [-0.2, -0.15) is 0 Å². The standard InChI is InChI=1S/C24H36O2/c1-24(23(26)21-17-13-12-14-18-21)20-16-11-9-7-5-3-2-4-6-8-10-15-19-22(24)25/h12-14,17-18H,2-11,15-16,19-20H2,1H3. The molecular weight excluding hydrogens is 320 g/mol. The topological polar surface area (TPSA) is 34.1 Å². The van der Waals surface area contributed by atoms with Crippen LogP contribution in [-0.4, -0.2) is 11.6 Å². The van der Waals surface area contributed by atoms with Crippen LogP contribution in [0.15, 0.2) is 30.3 Å². The van der Waals surface area contributed by atoms with Gasteiger partial charge in [0.25, 0.3) is 0 Å². The molecule has 1 atom stereocenters. The van der Waals surface area contributed by atoms with Crippen molar-refractivity contribution in [2.75, 3.05) is 0 Å². The van der Waals surface area contributed by atoms with Crippen LogP contribution in [-0.2, 0) is 4.79 Å². The summed E-state index contributed by atoms with van der Waals surface area (Å²) in [5.41, 5.74) is -0.170. The van der Waals surface area contributed by atoms with Crippen molar-refractivity contribution in [3.05, 3.63) is 35.9 Å². The number of carbonyl (C=O) groups is 2. The molecule has 1 unspecified atom stereocenters. The number of hydrogen-bond acceptors (Lipinski definition) is 2. The van der Waals surface area contributed by atoms with Gasteiger partial charge in [0.1, 0.15) is 5.78 Å². The van der Waals surface area contributed by atoms with E-state index in [1.807, 2.05) is 37.3 Å². The van der Waals surface area contributed by atoms with Crippen LogP contribution in [0, 0.1) is 5.41 Å². The monoisotopic (exact) mass is 356 g/mol. The summed E-state index contributed by atoms with van der Waals surface area (Å²) >= 11 is 0. The van der Waals surface area contributed by atoms with Crippen LogP contribution in [0.5, 0.6) is 0 Å². The molecule has 2 rings (SSSR count). The fraction of sp³-hybridized carbons (Fsp3) is 0.667. The largest absolute Gasteiger partial charge is 0.299 e. The Balaban J connectivity index is 2.05. The van der Waals surface area contributed by atoms with Gasteiger partial charge in [0.05, 0.1) is 5.41 Å². The zero-order valence-corrected chi connectivity index (χ0v) is 16.6. The van der Waals surface area contributed by atoms with E-state index in [0.29, 0.717) is 18.4 Å². The quantitative estimate of drug-likeness (QED) is 0.426. The fourth-order valence-electron chi connectivity index (χ4n) is 4.10. The first-order chi connectivity index (χ1) is 12.6. The SMILES string of the molecule is CC1(C(=O)c2ccccc2)CCCCCCCCCCCCCCC1=O. The lowest BCUT2D eigenvalue weighted by Crippen LogP contribution is -2.36. The van der Waals surface area contributed by atoms with Gasteiger partial charge in [-0.1, -0.05) is 101 Å². The van der Waals surface area contributed by atoms with E-state index in [4.69, 9.17) is 0 Å². The Morgan fingerprint density at radius 1 is 0.731 bits per heavy atom. The predicted octanol–water partition coefficient (Wildman–Crippen LogP) is 6.92. The summed E-state index contributed by atoms with van der Waals surface area (Å²) in [5, 5.41) is 0. The van der Waals surface area contributed by atoms with Crippen LogP contribution in [0.2, 0.25) is 0 Å². The van der Waals surface area contributed by atoms with E-state index in [1.165, 1.54) is 51.4 Å². The molecule has 1 aliphatic rings. The fourth-order valence-corrected chi connectivity index (χ4v) is 4.10. The lowest BCUT2D eigenvalue weighted by Gasteiger charge is -2.27. The molecule has 1 aromatic rings. The first kappa shape index (κ1) is 20.9. The Bertz CT molecular complexity index is 549. The molecule has 0 bridgehead atoms. The molecule has 0 aliphatic heterocycles. The highest BCUT2D eigenvalue weighted by molar-refractivity contribution is 6.14. The molecule has 0 spiro atoms. The number of ketones is 2. The van der Waals surface area contributed by atoms with Gasteiger partial charge in [0.15, 0.2) is 5.78 Å². The van der Waals surface area contributed by atoms with Crippen LogP contribution in [0.25, 0.3) is 0 Å². The normalized spacial score (nSPS) is 24.9. The van der Waals surface area contributed by atoms with Crippen molar-refractivity contribution in [2.24, 2.45) is 5.41 Å². The van der Waals surface area contributed by atoms with Crippen molar-refractivity contribution < 1.29 is 9.59 Å². The second-order valence-corrected chi connectivity index (χ2v) is 8.19.